The molecule has 1 aliphatic carbocycles. The fraction of sp³-hybridized carbons (Fsp3) is 0.600. The summed E-state index contributed by atoms with van der Waals surface area (Å²) in [5.41, 5.74) is 0.216. The Morgan fingerprint density at radius 1 is 1.33 bits per heavy atom. The van der Waals surface area contributed by atoms with E-state index in [2.05, 4.69) is 6.92 Å². The minimum atomic E-state index is -1.11. The van der Waals surface area contributed by atoms with Crippen LogP contribution in [0.25, 0.3) is 0 Å². The number of benzene rings is 1. The van der Waals surface area contributed by atoms with E-state index in [0.29, 0.717) is 24.3 Å². The van der Waals surface area contributed by atoms with Gasteiger partial charge in [0.25, 0.3) is 0 Å². The zero-order valence-electron chi connectivity index (χ0n) is 11.0. The summed E-state index contributed by atoms with van der Waals surface area (Å²) in [6, 6.07) is 4.34. The molecule has 0 aliphatic heterocycles. The third-order valence-electron chi connectivity index (χ3n) is 4.18. The molecule has 1 atom stereocenters. The minimum absolute atomic E-state index is 0.373. The lowest BCUT2D eigenvalue weighted by molar-refractivity contribution is -0.105. The van der Waals surface area contributed by atoms with Crippen molar-refractivity contribution in [2.24, 2.45) is 5.92 Å². The molecule has 0 bridgehead atoms. The lowest BCUT2D eigenvalue weighted by Gasteiger charge is -2.39. The van der Waals surface area contributed by atoms with Gasteiger partial charge in [-0.25, -0.2) is 4.39 Å². The molecule has 100 valence electrons. The monoisotopic (exact) mass is 252 g/mol. The second-order valence-corrected chi connectivity index (χ2v) is 5.69. The van der Waals surface area contributed by atoms with Crippen molar-refractivity contribution in [1.29, 1.82) is 0 Å². The van der Waals surface area contributed by atoms with Crippen LogP contribution in [0.5, 0.6) is 0 Å². The first-order valence-electron chi connectivity index (χ1n) is 6.59. The molecule has 0 radical (unpaired) electrons. The lowest BCUT2D eigenvalue weighted by atomic mass is 9.74. The van der Waals surface area contributed by atoms with Crippen LogP contribution in [0, 0.1) is 18.7 Å². The van der Waals surface area contributed by atoms with E-state index in [-0.39, 0.29) is 5.82 Å². The number of halogens is 1. The van der Waals surface area contributed by atoms with Crippen molar-refractivity contribution in [3.05, 3.63) is 35.1 Å². The third kappa shape index (κ3) is 2.57. The fourth-order valence-corrected chi connectivity index (χ4v) is 2.73. The van der Waals surface area contributed by atoms with E-state index >= 15 is 0 Å². The van der Waals surface area contributed by atoms with Gasteiger partial charge < -0.3 is 10.2 Å². The van der Waals surface area contributed by atoms with Gasteiger partial charge in [-0.05, 0) is 61.8 Å². The molecule has 0 aromatic heterocycles. The summed E-state index contributed by atoms with van der Waals surface area (Å²) in [6.07, 6.45) is 1.96. The van der Waals surface area contributed by atoms with Crippen LogP contribution in [0.4, 0.5) is 4.39 Å². The first kappa shape index (κ1) is 13.5. The van der Waals surface area contributed by atoms with Crippen LogP contribution < -0.4 is 0 Å². The maximum atomic E-state index is 13.3. The van der Waals surface area contributed by atoms with E-state index in [1.807, 2.05) is 6.92 Å². The second-order valence-electron chi connectivity index (χ2n) is 5.69. The Hall–Kier alpha value is -0.930. The van der Waals surface area contributed by atoms with Gasteiger partial charge in [-0.15, -0.1) is 0 Å². The summed E-state index contributed by atoms with van der Waals surface area (Å²) in [6.45, 7) is 3.98. The molecule has 1 saturated carbocycles. The van der Waals surface area contributed by atoms with E-state index in [1.165, 1.54) is 12.1 Å². The van der Waals surface area contributed by atoms with E-state index in [1.54, 1.807) is 6.07 Å². The molecule has 2 nitrogen and oxygen atoms in total. The summed E-state index contributed by atoms with van der Waals surface area (Å²) < 4.78 is 13.3. The van der Waals surface area contributed by atoms with Gasteiger partial charge in [0.1, 0.15) is 11.9 Å². The molecule has 1 aliphatic rings. The van der Waals surface area contributed by atoms with Crippen LogP contribution in [0.2, 0.25) is 0 Å². The Morgan fingerprint density at radius 3 is 2.56 bits per heavy atom. The first-order chi connectivity index (χ1) is 8.42. The maximum absolute atomic E-state index is 13.3. The molecule has 1 fully saturated rings. The number of rotatable bonds is 2. The van der Waals surface area contributed by atoms with Gasteiger partial charge in [0.05, 0.1) is 5.60 Å². The van der Waals surface area contributed by atoms with Gasteiger partial charge in [0.15, 0.2) is 0 Å². The smallest absolute Gasteiger partial charge is 0.123 e. The van der Waals surface area contributed by atoms with Crippen molar-refractivity contribution < 1.29 is 14.6 Å². The van der Waals surface area contributed by atoms with Gasteiger partial charge in [-0.3, -0.25) is 0 Å². The van der Waals surface area contributed by atoms with Crippen LogP contribution in [0.1, 0.15) is 49.8 Å². The molecule has 1 aromatic carbocycles. The van der Waals surface area contributed by atoms with E-state index in [9.17, 15) is 14.6 Å². The number of aliphatic hydroxyl groups excluding tert-OH is 1. The molecule has 2 N–H and O–H groups in total. The molecular weight excluding hydrogens is 231 g/mol. The largest absolute Gasteiger partial charge is 0.387 e. The SMILES string of the molecule is Cc1ccc(F)cc1C(O)C1(O)CCC(C)CC1. The number of hydrogen-bond donors (Lipinski definition) is 2. The van der Waals surface area contributed by atoms with Crippen LogP contribution in [0.15, 0.2) is 18.2 Å². The Bertz CT molecular complexity index is 423. The molecule has 1 aromatic rings. The van der Waals surface area contributed by atoms with E-state index in [4.69, 9.17) is 0 Å². The first-order valence-corrected chi connectivity index (χ1v) is 6.59. The topological polar surface area (TPSA) is 40.5 Å². The Morgan fingerprint density at radius 2 is 1.94 bits per heavy atom. The predicted molar refractivity (Wildman–Crippen MR) is 68.7 cm³/mol. The number of aliphatic hydroxyl groups is 2. The Labute approximate surface area is 107 Å². The zero-order chi connectivity index (χ0) is 13.3. The fourth-order valence-electron chi connectivity index (χ4n) is 2.73. The standard InChI is InChI=1S/C15H21FO2/c1-10-5-7-15(18,8-6-10)14(17)13-9-12(16)4-3-11(13)2/h3-4,9-10,14,17-18H,5-8H2,1-2H3. The van der Waals surface area contributed by atoms with Crippen molar-refractivity contribution in [3.8, 4) is 0 Å². The summed E-state index contributed by atoms with van der Waals surface area (Å²) in [5.74, 6) is 0.216. The highest BCUT2D eigenvalue weighted by atomic mass is 19.1. The van der Waals surface area contributed by atoms with Crippen LogP contribution in [-0.2, 0) is 0 Å². The summed E-state index contributed by atoms with van der Waals surface area (Å²) >= 11 is 0. The molecule has 2 rings (SSSR count). The molecule has 18 heavy (non-hydrogen) atoms. The van der Waals surface area contributed by atoms with Crippen molar-refractivity contribution >= 4 is 0 Å². The quantitative estimate of drug-likeness (QED) is 0.849. The highest BCUT2D eigenvalue weighted by Crippen LogP contribution is 2.41. The van der Waals surface area contributed by atoms with Gasteiger partial charge in [-0.1, -0.05) is 13.0 Å². The van der Waals surface area contributed by atoms with Crippen LogP contribution in [-0.4, -0.2) is 15.8 Å². The summed E-state index contributed by atoms with van der Waals surface area (Å²) in [5, 5.41) is 20.9. The molecule has 0 heterocycles. The highest BCUT2D eigenvalue weighted by molar-refractivity contribution is 5.30. The van der Waals surface area contributed by atoms with Crippen LogP contribution in [0.3, 0.4) is 0 Å². The van der Waals surface area contributed by atoms with Gasteiger partial charge in [-0.2, -0.15) is 0 Å². The highest BCUT2D eigenvalue weighted by Gasteiger charge is 2.39. The van der Waals surface area contributed by atoms with Crippen molar-refractivity contribution in [2.75, 3.05) is 0 Å². The third-order valence-corrected chi connectivity index (χ3v) is 4.18. The summed E-state index contributed by atoms with van der Waals surface area (Å²) in [4.78, 5) is 0. The second kappa shape index (κ2) is 4.98. The van der Waals surface area contributed by atoms with Crippen molar-refractivity contribution in [1.82, 2.24) is 0 Å². The maximum Gasteiger partial charge on any atom is 0.123 e. The van der Waals surface area contributed by atoms with Gasteiger partial charge >= 0.3 is 0 Å². The zero-order valence-corrected chi connectivity index (χ0v) is 11.0. The Kier molecular flexibility index (Phi) is 3.74. The van der Waals surface area contributed by atoms with E-state index < -0.39 is 11.7 Å². The Balaban J connectivity index is 2.24. The van der Waals surface area contributed by atoms with Crippen LogP contribution >= 0.6 is 0 Å². The average molecular weight is 252 g/mol. The van der Waals surface area contributed by atoms with Gasteiger partial charge in [0, 0.05) is 0 Å². The molecule has 1 unspecified atom stereocenters. The van der Waals surface area contributed by atoms with Crippen molar-refractivity contribution in [3.63, 3.8) is 0 Å². The van der Waals surface area contributed by atoms with E-state index in [0.717, 1.165) is 18.4 Å². The minimum Gasteiger partial charge on any atom is -0.387 e. The molecule has 3 heteroatoms. The normalized spacial score (nSPS) is 30.2. The molecule has 0 amide bonds. The predicted octanol–water partition coefficient (Wildman–Crippen LogP) is 3.11. The summed E-state index contributed by atoms with van der Waals surface area (Å²) in [7, 11) is 0. The number of aryl methyl sites for hydroxylation is 1. The molecule has 0 saturated heterocycles. The molecule has 0 spiro atoms. The number of hydrogen-bond acceptors (Lipinski definition) is 2. The molecular formula is C15H21FO2. The average Bonchev–Trinajstić information content (AvgIpc) is 2.35. The van der Waals surface area contributed by atoms with Crippen molar-refractivity contribution in [2.45, 2.75) is 51.2 Å². The van der Waals surface area contributed by atoms with Gasteiger partial charge in [0.2, 0.25) is 0 Å². The lowest BCUT2D eigenvalue weighted by Crippen LogP contribution is -2.40.